The molecule has 2 aliphatic heterocycles. The Hall–Kier alpha value is -1.42. The smallest absolute Gasteiger partial charge is 0.230 e. The summed E-state index contributed by atoms with van der Waals surface area (Å²) in [6.07, 6.45) is 2.59. The summed E-state index contributed by atoms with van der Waals surface area (Å²) in [5.41, 5.74) is 2.05. The molecule has 6 nitrogen and oxygen atoms in total. The van der Waals surface area contributed by atoms with Gasteiger partial charge in [0.15, 0.2) is 5.13 Å². The van der Waals surface area contributed by atoms with Crippen molar-refractivity contribution in [1.29, 1.82) is 0 Å². The molecule has 0 bridgehead atoms. The summed E-state index contributed by atoms with van der Waals surface area (Å²) >= 11 is 3.28. The van der Waals surface area contributed by atoms with Gasteiger partial charge in [-0.2, -0.15) is 0 Å². The monoisotopic (exact) mass is 409 g/mol. The molecule has 2 aromatic rings. The lowest BCUT2D eigenvalue weighted by Gasteiger charge is -2.29. The summed E-state index contributed by atoms with van der Waals surface area (Å²) in [5.74, 6) is 0.372. The number of nitrogens with one attached hydrogen (secondary N) is 1. The van der Waals surface area contributed by atoms with E-state index < -0.39 is 10.0 Å². The molecule has 1 aromatic carbocycles. The molecule has 138 valence electrons. The summed E-state index contributed by atoms with van der Waals surface area (Å²) in [6, 6.07) is 8.15. The van der Waals surface area contributed by atoms with Gasteiger partial charge in [-0.1, -0.05) is 18.2 Å². The first-order valence-corrected chi connectivity index (χ1v) is 12.0. The molecule has 1 atom stereocenters. The van der Waals surface area contributed by atoms with Crippen LogP contribution in [0.1, 0.15) is 17.7 Å². The van der Waals surface area contributed by atoms with Gasteiger partial charge in [-0.15, -0.1) is 23.1 Å². The SMILES string of the molecule is CS(=O)(=O)N1CCCC(C(=O)Nc2nc3c(s2)CSc2ccccc2-3)C1. The minimum absolute atomic E-state index is 0.148. The number of thiazole rings is 1. The molecular weight excluding hydrogens is 390 g/mol. The summed E-state index contributed by atoms with van der Waals surface area (Å²) in [5, 5.41) is 3.50. The van der Waals surface area contributed by atoms with E-state index in [1.54, 1.807) is 11.8 Å². The average Bonchev–Trinajstić information content (AvgIpc) is 3.04. The van der Waals surface area contributed by atoms with Crippen molar-refractivity contribution in [3.8, 4) is 11.3 Å². The number of carbonyl (C=O) groups excluding carboxylic acids is 1. The maximum atomic E-state index is 12.6. The van der Waals surface area contributed by atoms with Gasteiger partial charge in [0.2, 0.25) is 15.9 Å². The van der Waals surface area contributed by atoms with Crippen molar-refractivity contribution in [2.45, 2.75) is 23.5 Å². The Morgan fingerprint density at radius 1 is 1.35 bits per heavy atom. The van der Waals surface area contributed by atoms with Crippen LogP contribution in [-0.2, 0) is 20.6 Å². The van der Waals surface area contributed by atoms with Gasteiger partial charge >= 0.3 is 0 Å². The van der Waals surface area contributed by atoms with Crippen LogP contribution in [-0.4, -0.2) is 43.0 Å². The Balaban J connectivity index is 1.51. The predicted octanol–water partition coefficient (Wildman–Crippen LogP) is 3.03. The van der Waals surface area contributed by atoms with Gasteiger partial charge in [-0.25, -0.2) is 17.7 Å². The molecule has 1 amide bonds. The normalized spacial score (nSPS) is 20.3. The van der Waals surface area contributed by atoms with E-state index in [0.29, 0.717) is 24.5 Å². The molecule has 1 saturated heterocycles. The van der Waals surface area contributed by atoms with E-state index in [1.807, 2.05) is 12.1 Å². The second-order valence-corrected chi connectivity index (χ2v) is 10.6. The van der Waals surface area contributed by atoms with E-state index in [0.717, 1.165) is 21.9 Å². The Morgan fingerprint density at radius 3 is 2.96 bits per heavy atom. The number of piperidine rings is 1. The van der Waals surface area contributed by atoms with E-state index in [-0.39, 0.29) is 18.4 Å². The predicted molar refractivity (Wildman–Crippen MR) is 105 cm³/mol. The second-order valence-electron chi connectivity index (χ2n) is 6.53. The summed E-state index contributed by atoms with van der Waals surface area (Å²) in [7, 11) is -3.26. The lowest BCUT2D eigenvalue weighted by molar-refractivity contribution is -0.120. The molecule has 2 aliphatic rings. The van der Waals surface area contributed by atoms with E-state index >= 15 is 0 Å². The van der Waals surface area contributed by atoms with Gasteiger partial charge in [0.05, 0.1) is 17.9 Å². The fraction of sp³-hybridized carbons (Fsp3) is 0.412. The van der Waals surface area contributed by atoms with Crippen LogP contribution < -0.4 is 5.32 Å². The zero-order valence-electron chi connectivity index (χ0n) is 14.3. The third kappa shape index (κ3) is 3.53. The van der Waals surface area contributed by atoms with Crippen molar-refractivity contribution in [2.75, 3.05) is 24.7 Å². The van der Waals surface area contributed by atoms with E-state index in [4.69, 9.17) is 0 Å². The molecular formula is C17H19N3O3S3. The number of rotatable bonds is 3. The van der Waals surface area contributed by atoms with Crippen molar-refractivity contribution in [2.24, 2.45) is 5.92 Å². The minimum Gasteiger partial charge on any atom is -0.302 e. The van der Waals surface area contributed by atoms with Crippen molar-refractivity contribution >= 4 is 44.2 Å². The van der Waals surface area contributed by atoms with Crippen LogP contribution in [0, 0.1) is 5.92 Å². The number of fused-ring (bicyclic) bond motifs is 3. The standard InChI is InChI=1S/C17H19N3O3S3/c1-26(22,23)20-8-4-5-11(9-20)16(21)19-17-18-15-12-6-2-3-7-13(12)24-10-14(15)25-17/h2-3,6-7,11H,4-5,8-10H2,1H3,(H,18,19,21). The highest BCUT2D eigenvalue weighted by atomic mass is 32.2. The quantitative estimate of drug-likeness (QED) is 0.843. The van der Waals surface area contributed by atoms with E-state index in [1.165, 1.54) is 26.8 Å². The summed E-state index contributed by atoms with van der Waals surface area (Å²) in [4.78, 5) is 19.6. The largest absolute Gasteiger partial charge is 0.302 e. The van der Waals surface area contributed by atoms with E-state index in [9.17, 15) is 13.2 Å². The van der Waals surface area contributed by atoms with Crippen LogP contribution in [0.25, 0.3) is 11.3 Å². The van der Waals surface area contributed by atoms with Gasteiger partial charge in [-0.3, -0.25) is 4.79 Å². The van der Waals surface area contributed by atoms with Crippen molar-refractivity contribution in [1.82, 2.24) is 9.29 Å². The number of sulfonamides is 1. The third-order valence-electron chi connectivity index (χ3n) is 4.65. The molecule has 0 radical (unpaired) electrons. The number of amides is 1. The fourth-order valence-corrected chi connectivity index (χ4v) is 6.33. The Morgan fingerprint density at radius 2 is 2.15 bits per heavy atom. The first-order chi connectivity index (χ1) is 12.4. The number of carbonyl (C=O) groups is 1. The van der Waals surface area contributed by atoms with E-state index in [2.05, 4.69) is 22.4 Å². The fourth-order valence-electron chi connectivity index (χ4n) is 3.31. The van der Waals surface area contributed by atoms with Gasteiger partial charge in [0.1, 0.15) is 0 Å². The van der Waals surface area contributed by atoms with Crippen LogP contribution >= 0.6 is 23.1 Å². The molecule has 26 heavy (non-hydrogen) atoms. The molecule has 4 rings (SSSR count). The van der Waals surface area contributed by atoms with Gasteiger partial charge < -0.3 is 5.32 Å². The number of benzene rings is 1. The lowest BCUT2D eigenvalue weighted by Crippen LogP contribution is -2.43. The average molecular weight is 410 g/mol. The molecule has 1 N–H and O–H groups in total. The number of hydrogen-bond donors (Lipinski definition) is 1. The van der Waals surface area contributed by atoms with Crippen molar-refractivity contribution in [3.05, 3.63) is 29.1 Å². The number of nitrogens with zero attached hydrogens (tertiary/aromatic N) is 2. The molecule has 1 fully saturated rings. The first-order valence-electron chi connectivity index (χ1n) is 8.40. The molecule has 0 saturated carbocycles. The maximum Gasteiger partial charge on any atom is 0.230 e. The number of thioether (sulfide) groups is 1. The Labute approximate surface area is 161 Å². The maximum absolute atomic E-state index is 12.6. The molecule has 1 aromatic heterocycles. The zero-order valence-corrected chi connectivity index (χ0v) is 16.7. The highest BCUT2D eigenvalue weighted by Gasteiger charge is 2.31. The number of hydrogen-bond acceptors (Lipinski definition) is 6. The summed E-state index contributed by atoms with van der Waals surface area (Å²) < 4.78 is 24.9. The highest BCUT2D eigenvalue weighted by molar-refractivity contribution is 7.98. The van der Waals surface area contributed by atoms with Crippen molar-refractivity contribution in [3.63, 3.8) is 0 Å². The molecule has 0 aliphatic carbocycles. The van der Waals surface area contributed by atoms with Gasteiger partial charge in [0, 0.05) is 34.2 Å². The van der Waals surface area contributed by atoms with Crippen LogP contribution in [0.5, 0.6) is 0 Å². The molecule has 1 unspecified atom stereocenters. The van der Waals surface area contributed by atoms with Crippen LogP contribution in [0.3, 0.4) is 0 Å². The number of anilines is 1. The molecule has 0 spiro atoms. The molecule has 3 heterocycles. The second kappa shape index (κ2) is 6.95. The Kier molecular flexibility index (Phi) is 4.81. The van der Waals surface area contributed by atoms with Crippen molar-refractivity contribution < 1.29 is 13.2 Å². The zero-order chi connectivity index (χ0) is 18.3. The van der Waals surface area contributed by atoms with Crippen LogP contribution in [0.4, 0.5) is 5.13 Å². The molecule has 9 heteroatoms. The summed E-state index contributed by atoms with van der Waals surface area (Å²) in [6.45, 7) is 0.733. The van der Waals surface area contributed by atoms with Crippen LogP contribution in [0.15, 0.2) is 29.2 Å². The minimum atomic E-state index is -3.26. The van der Waals surface area contributed by atoms with Gasteiger partial charge in [-0.05, 0) is 18.9 Å². The van der Waals surface area contributed by atoms with Crippen LogP contribution in [0.2, 0.25) is 0 Å². The lowest BCUT2D eigenvalue weighted by atomic mass is 9.99. The Bertz CT molecular complexity index is 955. The third-order valence-corrected chi connectivity index (χ3v) is 8.18. The first kappa shape index (κ1) is 18.0. The topological polar surface area (TPSA) is 79.4 Å². The highest BCUT2D eigenvalue weighted by Crippen LogP contribution is 2.44. The number of aromatic nitrogens is 1. The van der Waals surface area contributed by atoms with Gasteiger partial charge in [0.25, 0.3) is 0 Å².